The summed E-state index contributed by atoms with van der Waals surface area (Å²) in [5, 5.41) is 0. The van der Waals surface area contributed by atoms with Crippen LogP contribution in [0.4, 0.5) is 0 Å². The summed E-state index contributed by atoms with van der Waals surface area (Å²) < 4.78 is 2.54. The molecule has 1 saturated carbocycles. The van der Waals surface area contributed by atoms with Crippen LogP contribution in [0.5, 0.6) is 0 Å². The van der Waals surface area contributed by atoms with Crippen LogP contribution in [-0.4, -0.2) is 0 Å². The molecule has 0 amide bonds. The molecule has 0 N–H and O–H groups in total. The molecule has 1 nitrogen and oxygen atoms in total. The van der Waals surface area contributed by atoms with E-state index >= 15 is 0 Å². The first-order valence-corrected chi connectivity index (χ1v) is 10.4. The lowest BCUT2D eigenvalue weighted by molar-refractivity contribution is -0.722. The second-order valence-electron chi connectivity index (χ2n) is 8.41. The van der Waals surface area contributed by atoms with Crippen LogP contribution in [0.15, 0.2) is 55.3 Å². The minimum Gasteiger partial charge on any atom is -0.195 e. The molecule has 2 heterocycles. The molecule has 1 aromatic carbocycles. The number of fused-ring (bicyclic) bond motifs is 3. The van der Waals surface area contributed by atoms with E-state index < -0.39 is 0 Å². The van der Waals surface area contributed by atoms with Crippen LogP contribution >= 0.6 is 0 Å². The molecule has 0 spiro atoms. The van der Waals surface area contributed by atoms with E-state index in [1.807, 2.05) is 6.08 Å². The van der Waals surface area contributed by atoms with Crippen LogP contribution < -0.4 is 4.57 Å². The zero-order valence-electron chi connectivity index (χ0n) is 16.5. The predicted octanol–water partition coefficient (Wildman–Crippen LogP) is 6.34. The molecule has 0 bridgehead atoms. The van der Waals surface area contributed by atoms with Gasteiger partial charge in [-0.2, -0.15) is 4.57 Å². The summed E-state index contributed by atoms with van der Waals surface area (Å²) in [5.41, 5.74) is 6.21. The Hall–Kier alpha value is -1.89. The van der Waals surface area contributed by atoms with E-state index in [1.165, 1.54) is 42.5 Å². The Morgan fingerprint density at radius 3 is 2.77 bits per heavy atom. The fourth-order valence-electron chi connectivity index (χ4n) is 5.45. The summed E-state index contributed by atoms with van der Waals surface area (Å²) >= 11 is 0. The van der Waals surface area contributed by atoms with Gasteiger partial charge < -0.3 is 0 Å². The molecule has 136 valence electrons. The lowest BCUT2D eigenvalue weighted by atomic mass is 9.64. The zero-order chi connectivity index (χ0) is 18.3. The largest absolute Gasteiger partial charge is 0.213 e. The van der Waals surface area contributed by atoms with Gasteiger partial charge in [0.2, 0.25) is 5.69 Å². The summed E-state index contributed by atoms with van der Waals surface area (Å²) in [5.74, 6) is 1.41. The van der Waals surface area contributed by atoms with Crippen molar-refractivity contribution in [1.29, 1.82) is 0 Å². The van der Waals surface area contributed by atoms with E-state index in [9.17, 15) is 0 Å². The Morgan fingerprint density at radius 2 is 2.08 bits per heavy atom. The first-order chi connectivity index (χ1) is 12.6. The number of nitrogens with zero attached hydrogens (tertiary/aromatic N) is 1. The van der Waals surface area contributed by atoms with Gasteiger partial charge in [0.1, 0.15) is 0 Å². The van der Waals surface area contributed by atoms with Gasteiger partial charge >= 0.3 is 0 Å². The van der Waals surface area contributed by atoms with Crippen LogP contribution in [0.2, 0.25) is 0 Å². The van der Waals surface area contributed by atoms with Gasteiger partial charge in [-0.3, -0.25) is 0 Å². The second-order valence-corrected chi connectivity index (χ2v) is 8.41. The van der Waals surface area contributed by atoms with Crippen LogP contribution in [0.1, 0.15) is 76.0 Å². The number of allylic oxidation sites excluding steroid dienone is 1. The summed E-state index contributed by atoms with van der Waals surface area (Å²) in [7, 11) is 0. The summed E-state index contributed by atoms with van der Waals surface area (Å²) in [6.45, 7) is 11.1. The maximum Gasteiger partial charge on any atom is 0.213 e. The number of benzene rings is 1. The van der Waals surface area contributed by atoms with Gasteiger partial charge in [0.05, 0.1) is 11.0 Å². The Labute approximate surface area is 158 Å². The maximum atomic E-state index is 3.89. The maximum absolute atomic E-state index is 3.89. The SMILES string of the molecule is C=CCCC(C)c1ccc2c(c1)-c1cccc[n+]1C(C)C2(CC)C1CC1. The third kappa shape index (κ3) is 2.55. The van der Waals surface area contributed by atoms with Crippen molar-refractivity contribution in [2.75, 3.05) is 0 Å². The quantitative estimate of drug-likeness (QED) is 0.424. The van der Waals surface area contributed by atoms with E-state index in [4.69, 9.17) is 0 Å². The van der Waals surface area contributed by atoms with Crippen LogP contribution in [-0.2, 0) is 5.41 Å². The third-order valence-electron chi connectivity index (χ3n) is 7.14. The topological polar surface area (TPSA) is 3.88 Å². The molecule has 3 unspecified atom stereocenters. The van der Waals surface area contributed by atoms with Gasteiger partial charge in [-0.25, -0.2) is 0 Å². The highest BCUT2D eigenvalue weighted by atomic mass is 15.0. The zero-order valence-corrected chi connectivity index (χ0v) is 16.5. The summed E-state index contributed by atoms with van der Waals surface area (Å²) in [4.78, 5) is 0. The molecule has 26 heavy (non-hydrogen) atoms. The number of pyridine rings is 1. The first-order valence-electron chi connectivity index (χ1n) is 10.4. The molecule has 1 aromatic heterocycles. The normalized spacial score (nSPS) is 25.3. The Kier molecular flexibility index (Phi) is 4.50. The van der Waals surface area contributed by atoms with Gasteiger partial charge in [-0.05, 0) is 74.1 Å². The van der Waals surface area contributed by atoms with Gasteiger partial charge in [0.25, 0.3) is 0 Å². The first kappa shape index (κ1) is 17.5. The standard InChI is InChI=1S/C25H32N/c1-5-7-10-18(3)20-12-15-23-22(17-20)24-11-8-9-16-26(24)19(4)25(23,6-2)21-13-14-21/h5,8-9,11-12,15-19,21H,1,6-7,10,13-14H2,2-4H3/q+1. The van der Waals surface area contributed by atoms with E-state index in [2.05, 4.69) is 74.5 Å². The Bertz CT molecular complexity index is 817. The number of rotatable bonds is 6. The smallest absolute Gasteiger partial charge is 0.195 e. The Balaban J connectivity index is 1.88. The fraction of sp³-hybridized carbons (Fsp3) is 0.480. The van der Waals surface area contributed by atoms with Crippen molar-refractivity contribution < 1.29 is 4.57 Å². The third-order valence-corrected chi connectivity index (χ3v) is 7.14. The minimum atomic E-state index is 0.289. The number of aromatic nitrogens is 1. The summed E-state index contributed by atoms with van der Waals surface area (Å²) in [6.07, 6.45) is 10.6. The van der Waals surface area contributed by atoms with Crippen molar-refractivity contribution >= 4 is 0 Å². The molecular formula is C25H32N+. The second kappa shape index (κ2) is 6.68. The van der Waals surface area contributed by atoms with Crippen LogP contribution in [0.3, 0.4) is 0 Å². The molecule has 0 radical (unpaired) electrons. The highest BCUT2D eigenvalue weighted by Crippen LogP contribution is 2.57. The molecule has 1 fully saturated rings. The van der Waals surface area contributed by atoms with Crippen molar-refractivity contribution in [2.45, 2.75) is 70.3 Å². The van der Waals surface area contributed by atoms with Gasteiger partial charge in [-0.1, -0.05) is 32.1 Å². The van der Waals surface area contributed by atoms with Crippen molar-refractivity contribution in [2.24, 2.45) is 5.92 Å². The highest BCUT2D eigenvalue weighted by molar-refractivity contribution is 5.66. The fourth-order valence-corrected chi connectivity index (χ4v) is 5.45. The van der Waals surface area contributed by atoms with E-state index in [0.29, 0.717) is 12.0 Å². The molecule has 1 heteroatoms. The van der Waals surface area contributed by atoms with Gasteiger partial charge in [0.15, 0.2) is 12.2 Å². The lowest BCUT2D eigenvalue weighted by Crippen LogP contribution is -2.55. The van der Waals surface area contributed by atoms with Crippen molar-refractivity contribution in [3.05, 3.63) is 66.4 Å². The monoisotopic (exact) mass is 346 g/mol. The minimum absolute atomic E-state index is 0.289. The molecular weight excluding hydrogens is 314 g/mol. The Morgan fingerprint density at radius 1 is 1.27 bits per heavy atom. The molecule has 2 aromatic rings. The molecule has 4 rings (SSSR count). The van der Waals surface area contributed by atoms with E-state index in [0.717, 1.165) is 12.3 Å². The molecule has 2 aliphatic rings. The van der Waals surface area contributed by atoms with Gasteiger partial charge in [-0.15, -0.1) is 6.58 Å². The average molecular weight is 347 g/mol. The average Bonchev–Trinajstić information content (AvgIpc) is 3.52. The molecule has 1 aliphatic heterocycles. The lowest BCUT2D eigenvalue weighted by Gasteiger charge is -2.41. The molecule has 3 atom stereocenters. The van der Waals surface area contributed by atoms with Gasteiger partial charge in [0, 0.05) is 12.1 Å². The highest BCUT2D eigenvalue weighted by Gasteiger charge is 2.56. The van der Waals surface area contributed by atoms with Crippen LogP contribution in [0, 0.1) is 5.92 Å². The van der Waals surface area contributed by atoms with E-state index in [1.54, 1.807) is 5.56 Å². The van der Waals surface area contributed by atoms with E-state index in [-0.39, 0.29) is 5.41 Å². The summed E-state index contributed by atoms with van der Waals surface area (Å²) in [6, 6.07) is 14.6. The predicted molar refractivity (Wildman–Crippen MR) is 109 cm³/mol. The van der Waals surface area contributed by atoms with Crippen LogP contribution in [0.25, 0.3) is 11.3 Å². The molecule has 1 aliphatic carbocycles. The number of hydrogen-bond acceptors (Lipinski definition) is 0. The molecule has 0 saturated heterocycles. The van der Waals surface area contributed by atoms with Crippen molar-refractivity contribution in [3.63, 3.8) is 0 Å². The van der Waals surface area contributed by atoms with Crippen molar-refractivity contribution in [1.82, 2.24) is 0 Å². The number of hydrogen-bond donors (Lipinski definition) is 0. The van der Waals surface area contributed by atoms with Crippen molar-refractivity contribution in [3.8, 4) is 11.3 Å².